The number of nitrogens with one attached hydrogen (secondary N) is 1. The molecule has 0 saturated heterocycles. The van der Waals surface area contributed by atoms with Crippen LogP contribution in [-0.2, 0) is 6.42 Å². The third-order valence-corrected chi connectivity index (χ3v) is 2.70. The van der Waals surface area contributed by atoms with E-state index in [1.807, 2.05) is 0 Å². The Kier molecular flexibility index (Phi) is 4.31. The van der Waals surface area contributed by atoms with Gasteiger partial charge in [-0.05, 0) is 29.8 Å². The molecule has 0 aliphatic heterocycles. The van der Waals surface area contributed by atoms with Gasteiger partial charge in [-0.25, -0.2) is 0 Å². The quantitative estimate of drug-likeness (QED) is 0.655. The highest BCUT2D eigenvalue weighted by molar-refractivity contribution is 5.30. The summed E-state index contributed by atoms with van der Waals surface area (Å²) in [6, 6.07) is 8.82. The second kappa shape index (κ2) is 5.98. The lowest BCUT2D eigenvalue weighted by Crippen LogP contribution is -2.29. The molecule has 1 aromatic carbocycles. The summed E-state index contributed by atoms with van der Waals surface area (Å²) in [5.41, 5.74) is 3.34. The van der Waals surface area contributed by atoms with E-state index in [2.05, 4.69) is 10.2 Å². The molecular formula is C13H13F3N2O2. The lowest BCUT2D eigenvalue weighted by atomic mass is 10.0. The minimum Gasteiger partial charge on any atom is -0.469 e. The fraction of sp³-hybridized carbons (Fsp3) is 0.231. The molecule has 0 aliphatic rings. The Bertz CT molecular complexity index is 524. The van der Waals surface area contributed by atoms with Gasteiger partial charge in [0, 0.05) is 6.42 Å². The highest BCUT2D eigenvalue weighted by Gasteiger charge is 2.31. The number of furan rings is 1. The second-order valence-electron chi connectivity index (χ2n) is 4.12. The van der Waals surface area contributed by atoms with Gasteiger partial charge in [-0.1, -0.05) is 12.1 Å². The first kappa shape index (κ1) is 14.4. The van der Waals surface area contributed by atoms with Crippen LogP contribution in [0.2, 0.25) is 0 Å². The third kappa shape index (κ3) is 4.01. The number of nitrogens with two attached hydrogens (primary N) is 1. The van der Waals surface area contributed by atoms with E-state index in [1.165, 1.54) is 24.3 Å². The Morgan fingerprint density at radius 1 is 1.20 bits per heavy atom. The van der Waals surface area contributed by atoms with E-state index in [1.54, 1.807) is 18.4 Å². The van der Waals surface area contributed by atoms with Crippen molar-refractivity contribution in [3.8, 4) is 5.75 Å². The van der Waals surface area contributed by atoms with Crippen molar-refractivity contribution in [2.75, 3.05) is 0 Å². The third-order valence-electron chi connectivity index (χ3n) is 2.70. The molecule has 0 amide bonds. The lowest BCUT2D eigenvalue weighted by molar-refractivity contribution is -0.274. The first-order valence-electron chi connectivity index (χ1n) is 5.82. The van der Waals surface area contributed by atoms with Gasteiger partial charge in [-0.15, -0.1) is 13.2 Å². The number of hydrogen-bond acceptors (Lipinski definition) is 4. The Hall–Kier alpha value is -1.99. The maximum atomic E-state index is 12.1. The predicted octanol–water partition coefficient (Wildman–Crippen LogP) is 2.93. The van der Waals surface area contributed by atoms with Gasteiger partial charge in [0.05, 0.1) is 12.3 Å². The van der Waals surface area contributed by atoms with Gasteiger partial charge < -0.3 is 9.15 Å². The molecule has 0 radical (unpaired) electrons. The summed E-state index contributed by atoms with van der Waals surface area (Å²) < 4.78 is 45.2. The zero-order chi connectivity index (χ0) is 14.6. The van der Waals surface area contributed by atoms with Gasteiger partial charge in [-0.3, -0.25) is 11.3 Å². The zero-order valence-corrected chi connectivity index (χ0v) is 10.4. The van der Waals surface area contributed by atoms with Crippen LogP contribution in [0, 0.1) is 0 Å². The molecule has 7 heteroatoms. The molecule has 20 heavy (non-hydrogen) atoms. The average molecular weight is 286 g/mol. The standard InChI is InChI=1S/C13H13F3N2O2/c14-13(15,16)20-10-5-3-9(4-6-10)12(18-17)8-11-2-1-7-19-11/h1-7,12,18H,8,17H2. The summed E-state index contributed by atoms with van der Waals surface area (Å²) in [6.45, 7) is 0. The molecule has 2 aromatic rings. The molecule has 1 unspecified atom stereocenters. The van der Waals surface area contributed by atoms with Gasteiger partial charge >= 0.3 is 6.36 Å². The average Bonchev–Trinajstić information content (AvgIpc) is 2.88. The molecule has 2 rings (SSSR count). The van der Waals surface area contributed by atoms with Crippen molar-refractivity contribution in [3.63, 3.8) is 0 Å². The molecule has 1 atom stereocenters. The summed E-state index contributed by atoms with van der Waals surface area (Å²) in [7, 11) is 0. The van der Waals surface area contributed by atoms with Gasteiger partial charge in [0.2, 0.25) is 0 Å². The molecule has 0 aliphatic carbocycles. The maximum Gasteiger partial charge on any atom is 0.573 e. The van der Waals surface area contributed by atoms with Gasteiger partial charge in [0.15, 0.2) is 0 Å². The first-order valence-corrected chi connectivity index (χ1v) is 5.82. The van der Waals surface area contributed by atoms with E-state index in [9.17, 15) is 13.2 Å². The number of benzene rings is 1. The molecule has 1 aromatic heterocycles. The normalized spacial score (nSPS) is 13.2. The van der Waals surface area contributed by atoms with E-state index in [0.717, 1.165) is 11.3 Å². The number of rotatable bonds is 5. The Balaban J connectivity index is 2.07. The van der Waals surface area contributed by atoms with Crippen LogP contribution in [0.3, 0.4) is 0 Å². The van der Waals surface area contributed by atoms with Crippen LogP contribution >= 0.6 is 0 Å². The fourth-order valence-corrected chi connectivity index (χ4v) is 1.80. The van der Waals surface area contributed by atoms with Crippen LogP contribution in [0.5, 0.6) is 5.75 Å². The van der Waals surface area contributed by atoms with Crippen molar-refractivity contribution in [1.29, 1.82) is 0 Å². The van der Waals surface area contributed by atoms with Gasteiger partial charge in [0.25, 0.3) is 0 Å². The smallest absolute Gasteiger partial charge is 0.469 e. The highest BCUT2D eigenvalue weighted by atomic mass is 19.4. The van der Waals surface area contributed by atoms with Crippen molar-refractivity contribution >= 4 is 0 Å². The SMILES string of the molecule is NNC(Cc1ccco1)c1ccc(OC(F)(F)F)cc1. The summed E-state index contributed by atoms with van der Waals surface area (Å²) >= 11 is 0. The molecule has 0 saturated carbocycles. The molecular weight excluding hydrogens is 273 g/mol. The lowest BCUT2D eigenvalue weighted by Gasteiger charge is -2.16. The van der Waals surface area contributed by atoms with E-state index in [0.29, 0.717) is 6.42 Å². The summed E-state index contributed by atoms with van der Waals surface area (Å²) in [5, 5.41) is 0. The first-order chi connectivity index (χ1) is 9.48. The van der Waals surface area contributed by atoms with Crippen molar-refractivity contribution in [3.05, 3.63) is 54.0 Å². The molecule has 0 fully saturated rings. The number of hydrogen-bond donors (Lipinski definition) is 2. The van der Waals surface area contributed by atoms with Crippen molar-refractivity contribution in [1.82, 2.24) is 5.43 Å². The van der Waals surface area contributed by atoms with Gasteiger partial charge in [0.1, 0.15) is 11.5 Å². The number of halogens is 3. The van der Waals surface area contributed by atoms with Crippen molar-refractivity contribution in [2.24, 2.45) is 5.84 Å². The van der Waals surface area contributed by atoms with Gasteiger partial charge in [-0.2, -0.15) is 0 Å². The number of ether oxygens (including phenoxy) is 1. The van der Waals surface area contributed by atoms with Crippen LogP contribution in [0.4, 0.5) is 13.2 Å². The van der Waals surface area contributed by atoms with E-state index < -0.39 is 6.36 Å². The summed E-state index contributed by atoms with van der Waals surface area (Å²) in [4.78, 5) is 0. The Morgan fingerprint density at radius 2 is 1.90 bits per heavy atom. The summed E-state index contributed by atoms with van der Waals surface area (Å²) in [5.74, 6) is 5.92. The zero-order valence-electron chi connectivity index (χ0n) is 10.4. The fourth-order valence-electron chi connectivity index (χ4n) is 1.80. The minimum absolute atomic E-state index is 0.263. The number of hydrazine groups is 1. The molecule has 3 N–H and O–H groups in total. The molecule has 0 spiro atoms. The Morgan fingerprint density at radius 3 is 2.40 bits per heavy atom. The molecule has 4 nitrogen and oxygen atoms in total. The molecule has 0 bridgehead atoms. The van der Waals surface area contributed by atoms with Crippen molar-refractivity contribution in [2.45, 2.75) is 18.8 Å². The van der Waals surface area contributed by atoms with E-state index in [4.69, 9.17) is 10.3 Å². The highest BCUT2D eigenvalue weighted by Crippen LogP contribution is 2.25. The molecule has 108 valence electrons. The van der Waals surface area contributed by atoms with E-state index >= 15 is 0 Å². The van der Waals surface area contributed by atoms with Crippen LogP contribution in [0.1, 0.15) is 17.4 Å². The van der Waals surface area contributed by atoms with Crippen LogP contribution in [-0.4, -0.2) is 6.36 Å². The predicted molar refractivity (Wildman–Crippen MR) is 65.6 cm³/mol. The monoisotopic (exact) mass is 286 g/mol. The van der Waals surface area contributed by atoms with E-state index in [-0.39, 0.29) is 11.8 Å². The van der Waals surface area contributed by atoms with Crippen LogP contribution < -0.4 is 16.0 Å². The second-order valence-corrected chi connectivity index (χ2v) is 4.12. The van der Waals surface area contributed by atoms with Crippen LogP contribution in [0.15, 0.2) is 47.1 Å². The van der Waals surface area contributed by atoms with Crippen LogP contribution in [0.25, 0.3) is 0 Å². The maximum absolute atomic E-state index is 12.1. The summed E-state index contributed by atoms with van der Waals surface area (Å²) in [6.07, 6.45) is -2.66. The molecule has 1 heterocycles. The number of alkyl halides is 3. The largest absolute Gasteiger partial charge is 0.573 e. The minimum atomic E-state index is -4.69. The topological polar surface area (TPSA) is 60.4 Å². The van der Waals surface area contributed by atoms with Crippen molar-refractivity contribution < 1.29 is 22.3 Å². The Labute approximate surface area is 113 Å².